The summed E-state index contributed by atoms with van der Waals surface area (Å²) >= 11 is 0. The van der Waals surface area contributed by atoms with Crippen LogP contribution in [0.25, 0.3) is 11.0 Å². The smallest absolute Gasteiger partial charge is 0.349 e. The third-order valence-corrected chi connectivity index (χ3v) is 3.27. The van der Waals surface area contributed by atoms with Gasteiger partial charge >= 0.3 is 5.63 Å². The fourth-order valence-corrected chi connectivity index (χ4v) is 2.11. The molecular weight excluding hydrogens is 319 g/mol. The zero-order valence-corrected chi connectivity index (χ0v) is 12.0. The molecule has 0 radical (unpaired) electrons. The number of anilines is 1. The molecule has 1 heterocycles. The van der Waals surface area contributed by atoms with Gasteiger partial charge in [-0.3, -0.25) is 14.9 Å². The fraction of sp³-hybridized carbons (Fsp3) is 0. The molecule has 0 aliphatic heterocycles. The number of carbonyl (C=O) groups is 1. The molecule has 0 aliphatic rings. The maximum Gasteiger partial charge on any atom is 0.349 e. The fourth-order valence-electron chi connectivity index (χ4n) is 2.11. The second-order valence-corrected chi connectivity index (χ2v) is 4.89. The Morgan fingerprint density at radius 3 is 2.50 bits per heavy atom. The highest BCUT2D eigenvalue weighted by Crippen LogP contribution is 2.21. The molecule has 8 heteroatoms. The van der Waals surface area contributed by atoms with Gasteiger partial charge in [0, 0.05) is 23.2 Å². The van der Waals surface area contributed by atoms with E-state index in [1.807, 2.05) is 0 Å². The lowest BCUT2D eigenvalue weighted by molar-refractivity contribution is -0.384. The van der Waals surface area contributed by atoms with E-state index in [-0.39, 0.29) is 22.2 Å². The van der Waals surface area contributed by atoms with Crippen LogP contribution in [-0.2, 0) is 0 Å². The largest absolute Gasteiger partial charge is 0.422 e. The Labute approximate surface area is 133 Å². The van der Waals surface area contributed by atoms with Crippen molar-refractivity contribution >= 4 is 28.3 Å². The number of benzene rings is 2. The van der Waals surface area contributed by atoms with Crippen LogP contribution in [0, 0.1) is 15.9 Å². The van der Waals surface area contributed by atoms with Gasteiger partial charge in [0.15, 0.2) is 0 Å². The van der Waals surface area contributed by atoms with Crippen molar-refractivity contribution < 1.29 is 18.5 Å². The van der Waals surface area contributed by atoms with Crippen molar-refractivity contribution in [2.45, 2.75) is 0 Å². The summed E-state index contributed by atoms with van der Waals surface area (Å²) in [6.45, 7) is 0. The van der Waals surface area contributed by atoms with E-state index < -0.39 is 22.3 Å². The number of nitrogens with one attached hydrogen (secondary N) is 1. The Morgan fingerprint density at radius 1 is 1.12 bits per heavy atom. The van der Waals surface area contributed by atoms with E-state index in [0.29, 0.717) is 5.69 Å². The van der Waals surface area contributed by atoms with E-state index in [1.54, 1.807) is 0 Å². The van der Waals surface area contributed by atoms with E-state index in [1.165, 1.54) is 36.4 Å². The predicted molar refractivity (Wildman–Crippen MR) is 83.5 cm³/mol. The molecule has 0 aliphatic carbocycles. The number of carbonyl (C=O) groups excluding carboxylic acids is 1. The minimum atomic E-state index is -0.879. The number of fused-ring (bicyclic) bond motifs is 1. The molecule has 0 saturated heterocycles. The summed E-state index contributed by atoms with van der Waals surface area (Å²) in [4.78, 5) is 34.3. The van der Waals surface area contributed by atoms with Gasteiger partial charge in [-0.2, -0.15) is 0 Å². The van der Waals surface area contributed by atoms with Gasteiger partial charge < -0.3 is 9.73 Å². The van der Waals surface area contributed by atoms with Crippen molar-refractivity contribution in [3.05, 3.63) is 80.4 Å². The van der Waals surface area contributed by atoms with Gasteiger partial charge in [0.05, 0.1) is 4.92 Å². The summed E-state index contributed by atoms with van der Waals surface area (Å²) in [6.07, 6.45) is 0. The van der Waals surface area contributed by atoms with Crippen molar-refractivity contribution in [2.24, 2.45) is 0 Å². The third kappa shape index (κ3) is 2.98. The minimum Gasteiger partial charge on any atom is -0.422 e. The lowest BCUT2D eigenvalue weighted by Crippen LogP contribution is -2.20. The van der Waals surface area contributed by atoms with Gasteiger partial charge in [0.25, 0.3) is 11.6 Å². The van der Waals surface area contributed by atoms with Crippen LogP contribution >= 0.6 is 0 Å². The van der Waals surface area contributed by atoms with Crippen LogP contribution in [0.15, 0.2) is 57.7 Å². The Balaban J connectivity index is 1.99. The number of non-ortho nitro benzene ring substituents is 1. The van der Waals surface area contributed by atoms with E-state index in [2.05, 4.69) is 5.32 Å². The van der Waals surface area contributed by atoms with Crippen LogP contribution < -0.4 is 10.9 Å². The first kappa shape index (κ1) is 15.3. The van der Waals surface area contributed by atoms with E-state index in [4.69, 9.17) is 4.42 Å². The van der Waals surface area contributed by atoms with Gasteiger partial charge in [-0.25, -0.2) is 9.18 Å². The zero-order chi connectivity index (χ0) is 17.3. The first-order valence-corrected chi connectivity index (χ1v) is 6.73. The highest BCUT2D eigenvalue weighted by molar-refractivity contribution is 6.05. The number of rotatable bonds is 3. The normalized spacial score (nSPS) is 10.5. The molecular formula is C16H9FN2O5. The summed E-state index contributed by atoms with van der Waals surface area (Å²) in [5, 5.41) is 13.5. The molecule has 0 fully saturated rings. The molecule has 0 spiro atoms. The summed E-state index contributed by atoms with van der Waals surface area (Å²) in [5.74, 6) is -1.23. The van der Waals surface area contributed by atoms with Crippen LogP contribution in [0.2, 0.25) is 0 Å². The zero-order valence-electron chi connectivity index (χ0n) is 12.0. The number of hydrogen-bond acceptors (Lipinski definition) is 5. The molecule has 1 amide bonds. The first-order valence-electron chi connectivity index (χ1n) is 6.73. The highest BCUT2D eigenvalue weighted by Gasteiger charge is 2.16. The number of halogens is 1. The second-order valence-electron chi connectivity index (χ2n) is 4.89. The molecule has 3 aromatic rings. The molecule has 1 N–H and O–H groups in total. The summed E-state index contributed by atoms with van der Waals surface area (Å²) in [6, 6.07) is 9.88. The molecule has 0 unspecified atom stereocenters. The van der Waals surface area contributed by atoms with E-state index in [9.17, 15) is 24.1 Å². The molecule has 24 heavy (non-hydrogen) atoms. The van der Waals surface area contributed by atoms with Crippen molar-refractivity contribution in [3.8, 4) is 0 Å². The topological polar surface area (TPSA) is 102 Å². The van der Waals surface area contributed by atoms with Crippen LogP contribution in [0.1, 0.15) is 10.4 Å². The standard InChI is InChI=1S/C16H9FN2O5/c17-10-1-3-11(4-2-10)18-15(20)13-8-9-7-12(19(22)23)5-6-14(9)24-16(13)21/h1-8H,(H,18,20). The number of nitrogens with zero attached hydrogens (tertiary/aromatic N) is 1. The van der Waals surface area contributed by atoms with E-state index in [0.717, 1.165) is 12.1 Å². The minimum absolute atomic E-state index is 0.129. The number of amides is 1. The molecule has 120 valence electrons. The van der Waals surface area contributed by atoms with Crippen LogP contribution in [0.5, 0.6) is 0 Å². The summed E-state index contributed by atoms with van der Waals surface area (Å²) < 4.78 is 17.9. The number of hydrogen-bond donors (Lipinski definition) is 1. The summed E-state index contributed by atoms with van der Waals surface area (Å²) in [5.41, 5.74) is -0.964. The quantitative estimate of drug-likeness (QED) is 0.452. The van der Waals surface area contributed by atoms with Crippen molar-refractivity contribution in [1.82, 2.24) is 0 Å². The lowest BCUT2D eigenvalue weighted by atomic mass is 10.1. The maximum atomic E-state index is 12.9. The molecule has 2 aromatic carbocycles. The second kappa shape index (κ2) is 5.92. The average Bonchev–Trinajstić information content (AvgIpc) is 2.55. The number of nitro benzene ring substituents is 1. The van der Waals surface area contributed by atoms with Crippen molar-refractivity contribution in [2.75, 3.05) is 5.32 Å². The van der Waals surface area contributed by atoms with Crippen LogP contribution in [-0.4, -0.2) is 10.8 Å². The summed E-state index contributed by atoms with van der Waals surface area (Å²) in [7, 11) is 0. The van der Waals surface area contributed by atoms with Gasteiger partial charge in [-0.1, -0.05) is 0 Å². The first-order chi connectivity index (χ1) is 11.4. The predicted octanol–water partition coefficient (Wildman–Crippen LogP) is 3.09. The highest BCUT2D eigenvalue weighted by atomic mass is 19.1. The lowest BCUT2D eigenvalue weighted by Gasteiger charge is -2.05. The maximum absolute atomic E-state index is 12.9. The average molecular weight is 328 g/mol. The van der Waals surface area contributed by atoms with Crippen LogP contribution in [0.4, 0.5) is 15.8 Å². The van der Waals surface area contributed by atoms with Gasteiger partial charge in [0.1, 0.15) is 17.0 Å². The monoisotopic (exact) mass is 328 g/mol. The van der Waals surface area contributed by atoms with Crippen molar-refractivity contribution in [3.63, 3.8) is 0 Å². The Morgan fingerprint density at radius 2 is 1.83 bits per heavy atom. The van der Waals surface area contributed by atoms with Gasteiger partial charge in [0.2, 0.25) is 0 Å². The van der Waals surface area contributed by atoms with Crippen LogP contribution in [0.3, 0.4) is 0 Å². The molecule has 0 bridgehead atoms. The Hall–Kier alpha value is -3.55. The Kier molecular flexibility index (Phi) is 3.78. The third-order valence-electron chi connectivity index (χ3n) is 3.27. The number of nitro groups is 1. The molecule has 1 aromatic heterocycles. The molecule has 3 rings (SSSR count). The Bertz CT molecular complexity index is 1010. The molecule has 0 atom stereocenters. The molecule has 7 nitrogen and oxygen atoms in total. The molecule has 0 saturated carbocycles. The van der Waals surface area contributed by atoms with E-state index >= 15 is 0 Å². The SMILES string of the molecule is O=C(Nc1ccc(F)cc1)c1cc2cc([N+](=O)[O-])ccc2oc1=O. The van der Waals surface area contributed by atoms with Gasteiger partial charge in [-0.15, -0.1) is 0 Å². The van der Waals surface area contributed by atoms with Gasteiger partial charge in [-0.05, 0) is 36.4 Å². The van der Waals surface area contributed by atoms with Crippen molar-refractivity contribution in [1.29, 1.82) is 0 Å².